The fourth-order valence-electron chi connectivity index (χ4n) is 7.74. The van der Waals surface area contributed by atoms with Gasteiger partial charge in [-0.1, -0.05) is 109 Å². The highest BCUT2D eigenvalue weighted by molar-refractivity contribution is 7.86. The molecule has 216 valence electrons. The highest BCUT2D eigenvalue weighted by atomic mass is 31.2. The molecule has 0 radical (unpaired) electrons. The van der Waals surface area contributed by atoms with Crippen molar-refractivity contribution in [3.63, 3.8) is 0 Å². The van der Waals surface area contributed by atoms with Crippen molar-refractivity contribution in [1.29, 1.82) is 0 Å². The molecule has 3 nitrogen and oxygen atoms in total. The van der Waals surface area contributed by atoms with Gasteiger partial charge in [0, 0.05) is 48.8 Å². The van der Waals surface area contributed by atoms with Crippen LogP contribution in [-0.2, 0) is 4.57 Å². The minimum absolute atomic E-state index is 0.879. The maximum Gasteiger partial charge on any atom is 0.172 e. The summed E-state index contributed by atoms with van der Waals surface area (Å²) >= 11 is 0. The van der Waals surface area contributed by atoms with Gasteiger partial charge in [0.25, 0.3) is 0 Å². The number of aromatic nitrogens is 2. The maximum absolute atomic E-state index is 15.3. The summed E-state index contributed by atoms with van der Waals surface area (Å²) in [5, 5.41) is 7.44. The quantitative estimate of drug-likeness (QED) is 0.184. The van der Waals surface area contributed by atoms with Gasteiger partial charge in [-0.25, -0.2) is 0 Å². The van der Waals surface area contributed by atoms with E-state index >= 15 is 4.57 Å². The van der Waals surface area contributed by atoms with E-state index in [1.807, 2.05) is 36.4 Å². The normalized spacial score (nSPS) is 15.6. The topological polar surface area (TPSA) is 26.9 Å². The Morgan fingerprint density at radius 1 is 0.370 bits per heavy atom. The van der Waals surface area contributed by atoms with Gasteiger partial charge in [-0.15, -0.1) is 0 Å². The van der Waals surface area contributed by atoms with Crippen LogP contribution in [0.3, 0.4) is 0 Å². The molecule has 9 aromatic rings. The number of nitrogens with zero attached hydrogens (tertiary/aromatic N) is 2. The summed E-state index contributed by atoms with van der Waals surface area (Å²) < 4.78 is 20.0. The van der Waals surface area contributed by atoms with Crippen LogP contribution in [-0.4, -0.2) is 9.13 Å². The number of benzene rings is 7. The summed E-state index contributed by atoms with van der Waals surface area (Å²) in [5.41, 5.74) is 8.98. The molecule has 46 heavy (non-hydrogen) atoms. The molecule has 1 unspecified atom stereocenters. The van der Waals surface area contributed by atoms with Crippen LogP contribution in [0.15, 0.2) is 164 Å². The van der Waals surface area contributed by atoms with Gasteiger partial charge < -0.3 is 13.7 Å². The highest BCUT2D eigenvalue weighted by Gasteiger charge is 2.40. The van der Waals surface area contributed by atoms with Crippen molar-refractivity contribution in [2.24, 2.45) is 0 Å². The Kier molecular flexibility index (Phi) is 5.27. The van der Waals surface area contributed by atoms with Gasteiger partial charge in [0.2, 0.25) is 0 Å². The van der Waals surface area contributed by atoms with Crippen LogP contribution in [0.25, 0.3) is 66.1 Å². The van der Waals surface area contributed by atoms with E-state index in [2.05, 4.69) is 137 Å². The minimum atomic E-state index is -3.05. The minimum Gasteiger partial charge on any atom is -0.309 e. The lowest BCUT2D eigenvalue weighted by Gasteiger charge is -2.16. The van der Waals surface area contributed by atoms with E-state index in [0.717, 1.165) is 60.2 Å². The first-order valence-electron chi connectivity index (χ1n) is 15.6. The first kappa shape index (κ1) is 25.7. The smallest absolute Gasteiger partial charge is 0.172 e. The Balaban J connectivity index is 1.28. The molecule has 0 bridgehead atoms. The van der Waals surface area contributed by atoms with Crippen molar-refractivity contribution in [2.45, 2.75) is 0 Å². The Hall–Kier alpha value is -5.63. The van der Waals surface area contributed by atoms with Crippen LogP contribution in [0.4, 0.5) is 0 Å². The van der Waals surface area contributed by atoms with E-state index in [0.29, 0.717) is 0 Å². The molecule has 2 aromatic heterocycles. The largest absolute Gasteiger partial charge is 0.309 e. The predicted octanol–water partition coefficient (Wildman–Crippen LogP) is 9.50. The SMILES string of the molecule is O=P1(c2ccccc2)c2ccccc2-c2cc3c(cc21)c1ccccc1n3-c1ccc2c(c1)c1ccccc1n2-c1ccccc1. The van der Waals surface area contributed by atoms with E-state index in [1.165, 1.54) is 21.8 Å². The van der Waals surface area contributed by atoms with E-state index in [4.69, 9.17) is 0 Å². The molecule has 0 aliphatic carbocycles. The molecule has 0 fully saturated rings. The summed E-state index contributed by atoms with van der Waals surface area (Å²) in [6.07, 6.45) is 0. The van der Waals surface area contributed by atoms with Gasteiger partial charge >= 0.3 is 0 Å². The molecule has 4 heteroatoms. The molecule has 1 atom stereocenters. The fraction of sp³-hybridized carbons (Fsp3) is 0. The van der Waals surface area contributed by atoms with Crippen LogP contribution < -0.4 is 15.9 Å². The van der Waals surface area contributed by atoms with Gasteiger partial charge in [-0.3, -0.25) is 0 Å². The highest BCUT2D eigenvalue weighted by Crippen LogP contribution is 2.53. The third kappa shape index (κ3) is 3.36. The number of para-hydroxylation sites is 3. The van der Waals surface area contributed by atoms with Crippen LogP contribution in [0.1, 0.15) is 0 Å². The van der Waals surface area contributed by atoms with E-state index in [9.17, 15) is 0 Å². The van der Waals surface area contributed by atoms with E-state index in [1.54, 1.807) is 0 Å². The average molecular weight is 607 g/mol. The standard InChI is InChI=1S/C42H27N2OP/c45-46(30-15-5-2-6-16-30)41-22-12-9-19-33(41)36-26-40-35(27-42(36)46)32-18-8-11-21-38(32)44(40)29-23-24-39-34(25-29)31-17-7-10-20-37(31)43(39)28-13-3-1-4-14-28/h1-27H. The zero-order valence-electron chi connectivity index (χ0n) is 24.8. The zero-order chi connectivity index (χ0) is 30.4. The summed E-state index contributed by atoms with van der Waals surface area (Å²) in [4.78, 5) is 0. The third-order valence-corrected chi connectivity index (χ3v) is 12.9. The Morgan fingerprint density at radius 3 is 1.67 bits per heavy atom. The van der Waals surface area contributed by atoms with Crippen molar-refractivity contribution < 1.29 is 4.57 Å². The van der Waals surface area contributed by atoms with Gasteiger partial charge in [-0.2, -0.15) is 0 Å². The Labute approximate surface area is 266 Å². The van der Waals surface area contributed by atoms with Crippen LogP contribution in [0.5, 0.6) is 0 Å². The third-order valence-electron chi connectivity index (χ3n) is 9.71. The second-order valence-corrected chi connectivity index (χ2v) is 14.8. The fourth-order valence-corrected chi connectivity index (χ4v) is 10.8. The summed E-state index contributed by atoms with van der Waals surface area (Å²) in [7, 11) is -3.05. The maximum atomic E-state index is 15.3. The van der Waals surface area contributed by atoms with Gasteiger partial charge in [0.1, 0.15) is 0 Å². The first-order valence-corrected chi connectivity index (χ1v) is 17.3. The lowest BCUT2D eigenvalue weighted by Crippen LogP contribution is -2.20. The predicted molar refractivity (Wildman–Crippen MR) is 194 cm³/mol. The molecular weight excluding hydrogens is 579 g/mol. The van der Waals surface area contributed by atoms with Crippen molar-refractivity contribution in [2.75, 3.05) is 0 Å². The molecule has 0 saturated carbocycles. The summed E-state index contributed by atoms with van der Waals surface area (Å²) in [5.74, 6) is 0. The zero-order valence-corrected chi connectivity index (χ0v) is 25.7. The van der Waals surface area contributed by atoms with Gasteiger partial charge in [-0.05, 0) is 65.7 Å². The number of hydrogen-bond donors (Lipinski definition) is 0. The van der Waals surface area contributed by atoms with Gasteiger partial charge in [0.05, 0.1) is 22.1 Å². The second-order valence-electron chi connectivity index (χ2n) is 12.1. The summed E-state index contributed by atoms with van der Waals surface area (Å²) in [6, 6.07) is 57.4. The lowest BCUT2D eigenvalue weighted by atomic mass is 10.0. The summed E-state index contributed by atoms with van der Waals surface area (Å²) in [6.45, 7) is 0. The van der Waals surface area contributed by atoms with Crippen LogP contribution >= 0.6 is 7.14 Å². The molecule has 10 rings (SSSR count). The van der Waals surface area contributed by atoms with Crippen LogP contribution in [0.2, 0.25) is 0 Å². The molecule has 0 spiro atoms. The second kappa shape index (κ2) is 9.44. The van der Waals surface area contributed by atoms with Crippen molar-refractivity contribution in [1.82, 2.24) is 9.13 Å². The van der Waals surface area contributed by atoms with Crippen molar-refractivity contribution >= 4 is 66.7 Å². The van der Waals surface area contributed by atoms with Gasteiger partial charge in [0.15, 0.2) is 7.14 Å². The lowest BCUT2D eigenvalue weighted by molar-refractivity contribution is 0.593. The number of rotatable bonds is 3. The van der Waals surface area contributed by atoms with Crippen molar-refractivity contribution in [3.05, 3.63) is 164 Å². The molecule has 0 N–H and O–H groups in total. The molecule has 1 aliphatic rings. The van der Waals surface area contributed by atoms with E-state index in [-0.39, 0.29) is 0 Å². The van der Waals surface area contributed by atoms with Crippen molar-refractivity contribution in [3.8, 4) is 22.5 Å². The van der Waals surface area contributed by atoms with E-state index < -0.39 is 7.14 Å². The first-order chi connectivity index (χ1) is 22.7. The molecule has 0 amide bonds. The average Bonchev–Trinajstić information content (AvgIpc) is 3.72. The molecule has 0 saturated heterocycles. The Morgan fingerprint density at radius 2 is 0.935 bits per heavy atom. The molecule has 1 aliphatic heterocycles. The molecule has 3 heterocycles. The van der Waals surface area contributed by atoms with Crippen LogP contribution in [0, 0.1) is 0 Å². The molecular formula is C42H27N2OP. The Bertz CT molecular complexity index is 2720. The monoisotopic (exact) mass is 606 g/mol. The number of fused-ring (bicyclic) bond motifs is 9. The molecule has 7 aromatic carbocycles. The number of hydrogen-bond acceptors (Lipinski definition) is 1.